The van der Waals surface area contributed by atoms with Crippen LogP contribution in [-0.2, 0) is 28.5 Å². The Hall–Kier alpha value is -1.14. The van der Waals surface area contributed by atoms with E-state index in [0.29, 0.717) is 29.6 Å². The van der Waals surface area contributed by atoms with Gasteiger partial charge in [-0.3, -0.25) is 9.59 Å². The molecule has 6 aliphatic rings. The molecule has 3 saturated carbocycles. The van der Waals surface area contributed by atoms with Gasteiger partial charge in [0.2, 0.25) is 0 Å². The van der Waals surface area contributed by atoms with Crippen LogP contribution in [0.1, 0.15) is 86.0 Å². The average molecular weight is 489 g/mol. The quantitative estimate of drug-likeness (QED) is 0.514. The van der Waals surface area contributed by atoms with Crippen LogP contribution in [0.3, 0.4) is 0 Å². The summed E-state index contributed by atoms with van der Waals surface area (Å²) in [4.78, 5) is 25.4. The second-order valence-electron chi connectivity index (χ2n) is 13.5. The number of rotatable bonds is 2. The summed E-state index contributed by atoms with van der Waals surface area (Å²) < 4.78 is 25.1. The molecule has 196 valence electrons. The van der Waals surface area contributed by atoms with E-state index in [4.69, 9.17) is 18.9 Å². The number of esters is 2. The molecule has 0 aromatic carbocycles. The van der Waals surface area contributed by atoms with Crippen molar-refractivity contribution in [3.63, 3.8) is 0 Å². The fourth-order valence-corrected chi connectivity index (χ4v) is 9.90. The van der Waals surface area contributed by atoms with Gasteiger partial charge in [-0.15, -0.1) is 0 Å². The van der Waals surface area contributed by atoms with Crippen LogP contribution < -0.4 is 0 Å². The standard InChI is InChI=1S/C29H44O6/c1-15-6-9-22(32-14-15)26-16(2)24-23(34-26)13-21-20-8-7-18-12-19(33-17(3)30)10-11-28(18,4)25(20)27(31)35-29(21,24)5/h15-16,18-26H,6-14H2,1-5H3/t15-,16-,18+,19+,20-,21+,22-,23-,24-,25+,26-,28+,29+/m0/s1. The van der Waals surface area contributed by atoms with Crippen molar-refractivity contribution in [2.45, 2.75) is 116 Å². The van der Waals surface area contributed by atoms with E-state index in [9.17, 15) is 9.59 Å². The Morgan fingerprint density at radius 2 is 1.83 bits per heavy atom. The second kappa shape index (κ2) is 8.44. The van der Waals surface area contributed by atoms with Crippen molar-refractivity contribution in [1.29, 1.82) is 0 Å². The van der Waals surface area contributed by atoms with Gasteiger partial charge in [0.25, 0.3) is 0 Å². The Kier molecular flexibility index (Phi) is 5.84. The topological polar surface area (TPSA) is 71.1 Å². The predicted molar refractivity (Wildman–Crippen MR) is 129 cm³/mol. The minimum atomic E-state index is -0.447. The smallest absolute Gasteiger partial charge is 0.310 e. The van der Waals surface area contributed by atoms with Gasteiger partial charge in [-0.1, -0.05) is 20.8 Å². The largest absolute Gasteiger partial charge is 0.463 e. The van der Waals surface area contributed by atoms with Gasteiger partial charge >= 0.3 is 11.9 Å². The third-order valence-electron chi connectivity index (χ3n) is 11.5. The number of fused-ring (bicyclic) bond motifs is 7. The lowest BCUT2D eigenvalue weighted by atomic mass is 9.48. The SMILES string of the molecule is CC(=O)O[C@@H]1CC[C@]2(C)[C@H](CC[C@H]3[C@H]4C[C@@H]5O[C@H]([C@@H]6CC[C@H](C)CO6)[C@@H](C)[C@@H]5[C@]4(C)OC(=O)[C@@H]32)C1. The molecule has 3 heterocycles. The molecule has 0 aromatic rings. The van der Waals surface area contributed by atoms with Crippen molar-refractivity contribution >= 4 is 11.9 Å². The van der Waals surface area contributed by atoms with E-state index in [0.717, 1.165) is 51.6 Å². The monoisotopic (exact) mass is 488 g/mol. The number of hydrogen-bond donors (Lipinski definition) is 0. The van der Waals surface area contributed by atoms with Gasteiger partial charge in [-0.2, -0.15) is 0 Å². The summed E-state index contributed by atoms with van der Waals surface area (Å²) in [6, 6.07) is 0. The Labute approximate surface area is 210 Å². The molecule has 6 rings (SSSR count). The molecular weight excluding hydrogens is 444 g/mol. The molecule has 6 heteroatoms. The van der Waals surface area contributed by atoms with Crippen LogP contribution in [0, 0.1) is 46.8 Å². The van der Waals surface area contributed by atoms with Crippen LogP contribution in [0.5, 0.6) is 0 Å². The molecule has 3 aliphatic carbocycles. The molecule has 13 atom stereocenters. The van der Waals surface area contributed by atoms with Crippen molar-refractivity contribution < 1.29 is 28.5 Å². The van der Waals surface area contributed by atoms with E-state index in [1.807, 2.05) is 0 Å². The Morgan fingerprint density at radius 3 is 2.54 bits per heavy atom. The first kappa shape index (κ1) is 24.2. The third kappa shape index (κ3) is 3.63. The van der Waals surface area contributed by atoms with E-state index < -0.39 is 5.60 Å². The zero-order chi connectivity index (χ0) is 24.7. The highest BCUT2D eigenvalue weighted by Crippen LogP contribution is 2.66. The van der Waals surface area contributed by atoms with Gasteiger partial charge in [0.1, 0.15) is 11.7 Å². The van der Waals surface area contributed by atoms with Gasteiger partial charge in [0.05, 0.1) is 24.2 Å². The molecule has 0 aromatic heterocycles. The molecule has 6 nitrogen and oxygen atoms in total. The third-order valence-corrected chi connectivity index (χ3v) is 11.5. The molecule has 0 spiro atoms. The summed E-state index contributed by atoms with van der Waals surface area (Å²) in [6.45, 7) is 11.4. The van der Waals surface area contributed by atoms with Crippen molar-refractivity contribution in [2.24, 2.45) is 46.8 Å². The molecule has 0 radical (unpaired) electrons. The van der Waals surface area contributed by atoms with Crippen LogP contribution in [0.4, 0.5) is 0 Å². The van der Waals surface area contributed by atoms with Gasteiger partial charge < -0.3 is 18.9 Å². The highest BCUT2D eigenvalue weighted by Gasteiger charge is 2.70. The summed E-state index contributed by atoms with van der Waals surface area (Å²) in [5.74, 6) is 2.10. The summed E-state index contributed by atoms with van der Waals surface area (Å²) in [6.07, 6.45) is 8.51. The molecular formula is C29H44O6. The lowest BCUT2D eigenvalue weighted by Crippen LogP contribution is -2.61. The zero-order valence-corrected chi connectivity index (χ0v) is 22.2. The van der Waals surface area contributed by atoms with Crippen LogP contribution in [-0.4, -0.2) is 48.6 Å². The second-order valence-corrected chi connectivity index (χ2v) is 13.5. The van der Waals surface area contributed by atoms with Crippen molar-refractivity contribution in [3.8, 4) is 0 Å². The summed E-state index contributed by atoms with van der Waals surface area (Å²) in [5, 5.41) is 0. The van der Waals surface area contributed by atoms with E-state index in [1.54, 1.807) is 0 Å². The molecule has 0 bridgehead atoms. The van der Waals surface area contributed by atoms with Crippen LogP contribution in [0.2, 0.25) is 0 Å². The number of carbonyl (C=O) groups excluding carboxylic acids is 2. The van der Waals surface area contributed by atoms with E-state index >= 15 is 0 Å². The molecule has 0 unspecified atom stereocenters. The van der Waals surface area contributed by atoms with Crippen LogP contribution in [0.25, 0.3) is 0 Å². The van der Waals surface area contributed by atoms with Crippen molar-refractivity contribution in [2.75, 3.05) is 6.61 Å². The van der Waals surface area contributed by atoms with Gasteiger partial charge in [0.15, 0.2) is 0 Å². The number of hydrogen-bond acceptors (Lipinski definition) is 6. The van der Waals surface area contributed by atoms with Crippen molar-refractivity contribution in [1.82, 2.24) is 0 Å². The van der Waals surface area contributed by atoms with Crippen LogP contribution in [0.15, 0.2) is 0 Å². The summed E-state index contributed by atoms with van der Waals surface area (Å²) in [5.41, 5.74) is -0.519. The summed E-state index contributed by atoms with van der Waals surface area (Å²) in [7, 11) is 0. The summed E-state index contributed by atoms with van der Waals surface area (Å²) >= 11 is 0. The zero-order valence-electron chi connectivity index (χ0n) is 22.2. The molecule has 3 aliphatic heterocycles. The first-order valence-corrected chi connectivity index (χ1v) is 14.3. The first-order valence-electron chi connectivity index (χ1n) is 14.3. The molecule has 0 amide bonds. The predicted octanol–water partition coefficient (Wildman–Crippen LogP) is 4.92. The minimum Gasteiger partial charge on any atom is -0.463 e. The maximum atomic E-state index is 13.8. The van der Waals surface area contributed by atoms with Crippen LogP contribution >= 0.6 is 0 Å². The van der Waals surface area contributed by atoms with E-state index in [-0.39, 0.29) is 53.6 Å². The highest BCUT2D eigenvalue weighted by molar-refractivity contribution is 5.76. The number of ether oxygens (including phenoxy) is 4. The Bertz CT molecular complexity index is 865. The lowest BCUT2D eigenvalue weighted by Gasteiger charge is -2.59. The van der Waals surface area contributed by atoms with Gasteiger partial charge in [-0.05, 0) is 87.4 Å². The maximum absolute atomic E-state index is 13.8. The minimum absolute atomic E-state index is 0.00554. The Morgan fingerprint density at radius 1 is 1.03 bits per heavy atom. The lowest BCUT2D eigenvalue weighted by molar-refractivity contribution is -0.221. The maximum Gasteiger partial charge on any atom is 0.310 e. The molecule has 35 heavy (non-hydrogen) atoms. The molecule has 6 fully saturated rings. The molecule has 3 saturated heterocycles. The highest BCUT2D eigenvalue weighted by atomic mass is 16.6. The van der Waals surface area contributed by atoms with Gasteiger partial charge in [-0.25, -0.2) is 0 Å². The van der Waals surface area contributed by atoms with E-state index in [1.165, 1.54) is 13.3 Å². The normalized spacial score (nSPS) is 55.2. The first-order chi connectivity index (χ1) is 16.6. The fraction of sp³-hybridized carbons (Fsp3) is 0.931. The van der Waals surface area contributed by atoms with Crippen molar-refractivity contribution in [3.05, 3.63) is 0 Å². The number of carbonyl (C=O) groups is 2. The molecule has 0 N–H and O–H groups in total. The van der Waals surface area contributed by atoms with E-state index in [2.05, 4.69) is 27.7 Å². The fourth-order valence-electron chi connectivity index (χ4n) is 9.90. The average Bonchev–Trinajstić information content (AvgIpc) is 3.27. The van der Waals surface area contributed by atoms with Gasteiger partial charge in [0, 0.05) is 25.4 Å². The Balaban J connectivity index is 1.21.